The largest absolute Gasteiger partial charge is 0.294 e. The van der Waals surface area contributed by atoms with Gasteiger partial charge in [-0.15, -0.1) is 0 Å². The summed E-state index contributed by atoms with van der Waals surface area (Å²) >= 11 is 0. The molecule has 3 nitrogen and oxygen atoms in total. The molecule has 3 heteroatoms. The second-order valence-corrected chi connectivity index (χ2v) is 4.35. The van der Waals surface area contributed by atoms with Gasteiger partial charge in [-0.05, 0) is 17.9 Å². The average molecular weight is 224 g/mol. The number of Topliss-reactive ketones (excluding diaryl/α,β-unsaturated/α-hetero) is 1. The Morgan fingerprint density at radius 3 is 2.53 bits per heavy atom. The summed E-state index contributed by atoms with van der Waals surface area (Å²) in [5.74, 6) is 0.659. The number of hydrogen-bond acceptors (Lipinski definition) is 3. The van der Waals surface area contributed by atoms with Crippen molar-refractivity contribution in [2.75, 3.05) is 0 Å². The summed E-state index contributed by atoms with van der Waals surface area (Å²) in [6, 6.07) is 10.2. The van der Waals surface area contributed by atoms with Crippen LogP contribution >= 0.6 is 0 Å². The molecule has 2 unspecified atom stereocenters. The summed E-state index contributed by atoms with van der Waals surface area (Å²) in [4.78, 5) is 19.9. The van der Waals surface area contributed by atoms with Gasteiger partial charge in [-0.3, -0.25) is 4.79 Å². The standard InChI is InChI=1S/C14H12N2O/c17-14(11-7-15-9-16-8-11)13-6-12(13)10-4-2-1-3-5-10/h1-5,7-9,12-13H,6H2. The first kappa shape index (κ1) is 10.1. The normalized spacial score (nSPS) is 22.1. The molecule has 1 aliphatic carbocycles. The molecule has 2 aromatic rings. The van der Waals surface area contributed by atoms with E-state index in [9.17, 15) is 4.79 Å². The highest BCUT2D eigenvalue weighted by Gasteiger charge is 2.43. The van der Waals surface area contributed by atoms with E-state index in [1.807, 2.05) is 18.2 Å². The number of carbonyl (C=O) groups is 1. The second-order valence-electron chi connectivity index (χ2n) is 4.35. The Bertz CT molecular complexity index is 524. The topological polar surface area (TPSA) is 42.9 Å². The summed E-state index contributed by atoms with van der Waals surface area (Å²) in [5, 5.41) is 0. The van der Waals surface area contributed by atoms with E-state index in [1.54, 1.807) is 12.4 Å². The zero-order chi connectivity index (χ0) is 11.7. The molecule has 1 aromatic carbocycles. The van der Waals surface area contributed by atoms with Gasteiger partial charge in [-0.25, -0.2) is 9.97 Å². The third kappa shape index (κ3) is 1.96. The van der Waals surface area contributed by atoms with Gasteiger partial charge in [0, 0.05) is 18.3 Å². The summed E-state index contributed by atoms with van der Waals surface area (Å²) in [5.41, 5.74) is 1.87. The summed E-state index contributed by atoms with van der Waals surface area (Å²) in [6.45, 7) is 0. The SMILES string of the molecule is O=C(c1cncnc1)C1CC1c1ccccc1. The fourth-order valence-corrected chi connectivity index (χ4v) is 2.19. The molecular formula is C14H12N2O. The number of ketones is 1. The predicted molar refractivity (Wildman–Crippen MR) is 63.7 cm³/mol. The van der Waals surface area contributed by atoms with Crippen molar-refractivity contribution >= 4 is 5.78 Å². The van der Waals surface area contributed by atoms with E-state index in [2.05, 4.69) is 22.1 Å². The van der Waals surface area contributed by atoms with E-state index in [0.717, 1.165) is 6.42 Å². The maximum Gasteiger partial charge on any atom is 0.169 e. The van der Waals surface area contributed by atoms with Crippen LogP contribution in [0, 0.1) is 5.92 Å². The van der Waals surface area contributed by atoms with Crippen LogP contribution in [-0.2, 0) is 0 Å². The molecule has 0 amide bonds. The fraction of sp³-hybridized carbons (Fsp3) is 0.214. The minimum Gasteiger partial charge on any atom is -0.294 e. The smallest absolute Gasteiger partial charge is 0.169 e. The van der Waals surface area contributed by atoms with Crippen molar-refractivity contribution < 1.29 is 4.79 Å². The number of aromatic nitrogens is 2. The van der Waals surface area contributed by atoms with Gasteiger partial charge in [-0.2, -0.15) is 0 Å². The van der Waals surface area contributed by atoms with E-state index < -0.39 is 0 Å². The lowest BCUT2D eigenvalue weighted by molar-refractivity contribution is 0.0964. The molecule has 1 aromatic heterocycles. The zero-order valence-electron chi connectivity index (χ0n) is 9.28. The van der Waals surface area contributed by atoms with Crippen LogP contribution in [0.15, 0.2) is 49.1 Å². The van der Waals surface area contributed by atoms with Gasteiger partial charge < -0.3 is 0 Å². The third-order valence-electron chi connectivity index (χ3n) is 3.20. The molecule has 0 spiro atoms. The van der Waals surface area contributed by atoms with E-state index in [4.69, 9.17) is 0 Å². The quantitative estimate of drug-likeness (QED) is 0.752. The van der Waals surface area contributed by atoms with Crippen molar-refractivity contribution in [3.63, 3.8) is 0 Å². The molecule has 17 heavy (non-hydrogen) atoms. The van der Waals surface area contributed by atoms with Crippen molar-refractivity contribution in [3.05, 3.63) is 60.2 Å². The number of carbonyl (C=O) groups excluding carboxylic acids is 1. The van der Waals surface area contributed by atoms with Gasteiger partial charge in [0.2, 0.25) is 0 Å². The molecule has 84 valence electrons. The van der Waals surface area contributed by atoms with Gasteiger partial charge in [0.25, 0.3) is 0 Å². The number of benzene rings is 1. The van der Waals surface area contributed by atoms with Crippen molar-refractivity contribution in [2.24, 2.45) is 5.92 Å². The molecule has 1 aliphatic rings. The van der Waals surface area contributed by atoms with E-state index >= 15 is 0 Å². The summed E-state index contributed by atoms with van der Waals surface area (Å²) in [7, 11) is 0. The molecule has 0 N–H and O–H groups in total. The molecule has 0 aliphatic heterocycles. The number of nitrogens with zero attached hydrogens (tertiary/aromatic N) is 2. The minimum absolute atomic E-state index is 0.114. The Morgan fingerprint density at radius 2 is 1.82 bits per heavy atom. The third-order valence-corrected chi connectivity index (χ3v) is 3.20. The molecule has 1 heterocycles. The van der Waals surface area contributed by atoms with Crippen LogP contribution in [0.5, 0.6) is 0 Å². The highest BCUT2D eigenvalue weighted by molar-refractivity contribution is 5.99. The van der Waals surface area contributed by atoms with Crippen LogP contribution < -0.4 is 0 Å². The Morgan fingerprint density at radius 1 is 1.12 bits per heavy atom. The highest BCUT2D eigenvalue weighted by Crippen LogP contribution is 2.48. The second kappa shape index (κ2) is 4.09. The van der Waals surface area contributed by atoms with Gasteiger partial charge in [0.05, 0.1) is 5.56 Å². The molecule has 3 rings (SSSR count). The zero-order valence-corrected chi connectivity index (χ0v) is 9.28. The molecule has 1 saturated carbocycles. The van der Waals surface area contributed by atoms with E-state index in [-0.39, 0.29) is 11.7 Å². The Balaban J connectivity index is 1.76. The molecule has 0 saturated heterocycles. The first-order valence-electron chi connectivity index (χ1n) is 5.70. The predicted octanol–water partition coefficient (Wildman–Crippen LogP) is 2.46. The monoisotopic (exact) mass is 224 g/mol. The Labute approximate surface area is 99.5 Å². The van der Waals surface area contributed by atoms with E-state index in [1.165, 1.54) is 11.9 Å². The molecular weight excluding hydrogens is 212 g/mol. The van der Waals surface area contributed by atoms with E-state index in [0.29, 0.717) is 11.5 Å². The van der Waals surface area contributed by atoms with Gasteiger partial charge in [0.15, 0.2) is 5.78 Å². The molecule has 2 atom stereocenters. The van der Waals surface area contributed by atoms with Crippen LogP contribution in [0.3, 0.4) is 0 Å². The average Bonchev–Trinajstić information content (AvgIpc) is 3.20. The highest BCUT2D eigenvalue weighted by atomic mass is 16.1. The number of rotatable bonds is 3. The van der Waals surface area contributed by atoms with Crippen LogP contribution in [0.2, 0.25) is 0 Å². The van der Waals surface area contributed by atoms with Gasteiger partial charge in [0.1, 0.15) is 6.33 Å². The molecule has 0 radical (unpaired) electrons. The Hall–Kier alpha value is -2.03. The van der Waals surface area contributed by atoms with Gasteiger partial charge in [-0.1, -0.05) is 30.3 Å². The maximum absolute atomic E-state index is 12.1. The lowest BCUT2D eigenvalue weighted by Crippen LogP contribution is -2.04. The van der Waals surface area contributed by atoms with Crippen LogP contribution in [0.25, 0.3) is 0 Å². The first-order chi connectivity index (χ1) is 8.36. The lowest BCUT2D eigenvalue weighted by Gasteiger charge is -1.99. The van der Waals surface area contributed by atoms with Crippen molar-refractivity contribution in [2.45, 2.75) is 12.3 Å². The summed E-state index contributed by atoms with van der Waals surface area (Å²) < 4.78 is 0. The fourth-order valence-electron chi connectivity index (χ4n) is 2.19. The first-order valence-corrected chi connectivity index (χ1v) is 5.70. The number of hydrogen-bond donors (Lipinski definition) is 0. The Kier molecular flexibility index (Phi) is 2.44. The van der Waals surface area contributed by atoms with Crippen molar-refractivity contribution in [3.8, 4) is 0 Å². The minimum atomic E-state index is 0.114. The lowest BCUT2D eigenvalue weighted by atomic mass is 10.1. The van der Waals surface area contributed by atoms with Crippen LogP contribution in [-0.4, -0.2) is 15.8 Å². The van der Waals surface area contributed by atoms with Gasteiger partial charge >= 0.3 is 0 Å². The van der Waals surface area contributed by atoms with Crippen LogP contribution in [0.1, 0.15) is 28.3 Å². The van der Waals surface area contributed by atoms with Crippen LogP contribution in [0.4, 0.5) is 0 Å². The maximum atomic E-state index is 12.1. The molecule has 0 bridgehead atoms. The van der Waals surface area contributed by atoms with Crippen molar-refractivity contribution in [1.29, 1.82) is 0 Å². The molecule has 1 fully saturated rings. The summed E-state index contributed by atoms with van der Waals surface area (Å²) in [6.07, 6.45) is 5.57. The van der Waals surface area contributed by atoms with Crippen molar-refractivity contribution in [1.82, 2.24) is 9.97 Å².